The molecule has 1 aromatic heterocycles. The van der Waals surface area contributed by atoms with Gasteiger partial charge in [-0.25, -0.2) is 8.78 Å². The van der Waals surface area contributed by atoms with E-state index in [0.717, 1.165) is 63.7 Å². The number of nitrogens with one attached hydrogen (secondary N) is 1. The van der Waals surface area contributed by atoms with Crippen molar-refractivity contribution in [2.24, 2.45) is 5.92 Å². The maximum absolute atomic E-state index is 16.8. The number of anilines is 2. The average Bonchev–Trinajstić information content (AvgIpc) is 3.54. The Morgan fingerprint density at radius 3 is 2.82 bits per heavy atom. The van der Waals surface area contributed by atoms with Crippen molar-refractivity contribution in [1.29, 1.82) is 0 Å². The number of amides is 1. The van der Waals surface area contributed by atoms with E-state index in [1.54, 1.807) is 18.2 Å². The van der Waals surface area contributed by atoms with E-state index >= 15 is 4.39 Å². The van der Waals surface area contributed by atoms with Crippen LogP contribution in [0.4, 0.5) is 20.3 Å². The predicted molar refractivity (Wildman–Crippen MR) is 173 cm³/mol. The highest BCUT2D eigenvalue weighted by Gasteiger charge is 2.49. The zero-order chi connectivity index (χ0) is 31.1. The summed E-state index contributed by atoms with van der Waals surface area (Å²) in [7, 11) is 0. The summed E-state index contributed by atoms with van der Waals surface area (Å²) in [6.45, 7) is 3.67. The second-order valence-corrected chi connectivity index (χ2v) is 13.8. The number of carbonyl (C=O) groups is 1. The summed E-state index contributed by atoms with van der Waals surface area (Å²) in [5.74, 6) is 0.564. The molecule has 5 aliphatic heterocycles. The number of aromatic nitrogens is 2. The summed E-state index contributed by atoms with van der Waals surface area (Å²) in [6, 6.07) is 7.21. The maximum atomic E-state index is 16.8. The Morgan fingerprint density at radius 1 is 1.07 bits per heavy atom. The van der Waals surface area contributed by atoms with E-state index in [1.807, 2.05) is 6.07 Å². The first-order chi connectivity index (χ1) is 21.8. The highest BCUT2D eigenvalue weighted by molar-refractivity contribution is 6.32. The number of benzene rings is 2. The van der Waals surface area contributed by atoms with Gasteiger partial charge in [0.15, 0.2) is 5.82 Å². The van der Waals surface area contributed by atoms with Crippen LogP contribution in [0, 0.1) is 11.7 Å². The Kier molecular flexibility index (Phi) is 8.46. The predicted octanol–water partition coefficient (Wildman–Crippen LogP) is 6.08. The molecule has 2 aromatic carbocycles. The zero-order valence-corrected chi connectivity index (χ0v) is 26.4. The van der Waals surface area contributed by atoms with Crippen molar-refractivity contribution in [3.63, 3.8) is 0 Å². The van der Waals surface area contributed by atoms with Gasteiger partial charge in [-0.1, -0.05) is 17.7 Å². The minimum atomic E-state index is -0.878. The summed E-state index contributed by atoms with van der Waals surface area (Å²) in [5.41, 5.74) is 8.22. The van der Waals surface area contributed by atoms with Gasteiger partial charge in [-0.15, -0.1) is 0 Å². The Morgan fingerprint density at radius 2 is 1.93 bits per heavy atom. The molecule has 3 aromatic rings. The van der Waals surface area contributed by atoms with E-state index in [9.17, 15) is 9.18 Å². The fourth-order valence-corrected chi connectivity index (χ4v) is 8.35. The summed E-state index contributed by atoms with van der Waals surface area (Å²) in [5, 5.41) is 4.18. The van der Waals surface area contributed by atoms with Crippen molar-refractivity contribution >= 4 is 39.9 Å². The lowest BCUT2D eigenvalue weighted by Crippen LogP contribution is -2.43. The minimum absolute atomic E-state index is 0.0502. The molecular weight excluding hydrogens is 598 g/mol. The summed E-state index contributed by atoms with van der Waals surface area (Å²) in [6.07, 6.45) is 6.71. The highest BCUT2D eigenvalue weighted by atomic mass is 35.5. The molecule has 11 heteroatoms. The van der Waals surface area contributed by atoms with Crippen LogP contribution in [0.25, 0.3) is 22.0 Å². The van der Waals surface area contributed by atoms with E-state index in [0.29, 0.717) is 77.7 Å². The van der Waals surface area contributed by atoms with Crippen LogP contribution in [0.2, 0.25) is 5.02 Å². The summed E-state index contributed by atoms with van der Waals surface area (Å²) in [4.78, 5) is 26.5. The molecule has 3 atom stereocenters. The number of nitrogens with zero attached hydrogens (tertiary/aromatic N) is 4. The van der Waals surface area contributed by atoms with Crippen LogP contribution in [-0.2, 0) is 11.2 Å². The Balaban J connectivity index is 1.33. The van der Waals surface area contributed by atoms with E-state index in [1.165, 1.54) is 0 Å². The first kappa shape index (κ1) is 30.4. The van der Waals surface area contributed by atoms with Gasteiger partial charge in [-0.2, -0.15) is 9.97 Å². The lowest BCUT2D eigenvalue weighted by Gasteiger charge is -2.34. The fraction of sp³-hybridized carbons (Fsp3) is 0.559. The smallest absolute Gasteiger partial charge is 0.319 e. The lowest BCUT2D eigenvalue weighted by molar-refractivity contribution is -0.121. The maximum Gasteiger partial charge on any atom is 0.319 e. The molecule has 0 aliphatic carbocycles. The second-order valence-electron chi connectivity index (χ2n) is 13.3. The van der Waals surface area contributed by atoms with Gasteiger partial charge < -0.3 is 20.7 Å². The Bertz CT molecular complexity index is 1610. The van der Waals surface area contributed by atoms with Crippen molar-refractivity contribution in [2.45, 2.75) is 75.9 Å². The monoisotopic (exact) mass is 638 g/mol. The number of fused-ring (bicyclic) bond motifs is 9. The number of nitrogens with two attached hydrogens (primary N) is 1. The molecule has 6 heterocycles. The number of ether oxygens (including phenoxy) is 1. The van der Waals surface area contributed by atoms with Crippen LogP contribution < -0.4 is 20.7 Å². The molecule has 8 rings (SSSR count). The number of carbonyl (C=O) groups excluding carboxylic acids is 1. The third-order valence-corrected chi connectivity index (χ3v) is 10.6. The molecule has 240 valence electrons. The quantitative estimate of drug-likeness (QED) is 0.336. The zero-order valence-electron chi connectivity index (χ0n) is 25.6. The topological polar surface area (TPSA) is 96.6 Å². The first-order valence-corrected chi connectivity index (χ1v) is 16.8. The van der Waals surface area contributed by atoms with Gasteiger partial charge in [0.2, 0.25) is 5.91 Å². The van der Waals surface area contributed by atoms with Crippen molar-refractivity contribution in [2.75, 3.05) is 50.0 Å². The number of hydrogen-bond donors (Lipinski definition) is 2. The highest BCUT2D eigenvalue weighted by Crippen LogP contribution is 2.42. The standard InChI is InChI=1S/C34H41ClF2N6O2/c35-28-16-23(38)15-27-24(28)6-1-2-7-29(44)39-12-10-21-5-3-13-42(18-21)32-26-9-8-25(27)30(37)31(26)40-33(41-32)45-20-34-11-4-14-43(34)19-22(36)17-34/h8-9,15-16,21-22H,1-7,10-14,17-20,38H2,(H,39,44)/t21?,22-,34+/m1/s1. The molecule has 0 radical (unpaired) electrons. The summed E-state index contributed by atoms with van der Waals surface area (Å²) >= 11 is 6.70. The van der Waals surface area contributed by atoms with E-state index in [2.05, 4.69) is 20.1 Å². The number of rotatable bonds is 3. The van der Waals surface area contributed by atoms with Gasteiger partial charge in [0.05, 0.1) is 5.54 Å². The molecule has 3 N–H and O–H groups in total. The van der Waals surface area contributed by atoms with Crippen molar-refractivity contribution in [1.82, 2.24) is 20.2 Å². The molecule has 1 amide bonds. The largest absolute Gasteiger partial charge is 0.461 e. The first-order valence-electron chi connectivity index (χ1n) is 16.4. The fourth-order valence-electron chi connectivity index (χ4n) is 8.02. The second kappa shape index (κ2) is 12.5. The van der Waals surface area contributed by atoms with Gasteiger partial charge in [0.1, 0.15) is 24.1 Å². The molecule has 3 fully saturated rings. The lowest BCUT2D eigenvalue weighted by atomic mass is 9.93. The normalized spacial score (nSPS) is 26.0. The van der Waals surface area contributed by atoms with Crippen LogP contribution in [0.15, 0.2) is 24.3 Å². The average molecular weight is 639 g/mol. The number of alkyl halides is 1. The van der Waals surface area contributed by atoms with Crippen molar-refractivity contribution < 1.29 is 18.3 Å². The van der Waals surface area contributed by atoms with Crippen LogP contribution in [0.1, 0.15) is 63.4 Å². The number of nitrogen functional groups attached to an aromatic ring is 1. The van der Waals surface area contributed by atoms with Gasteiger partial charge in [0.25, 0.3) is 0 Å². The van der Waals surface area contributed by atoms with E-state index < -0.39 is 12.0 Å². The van der Waals surface area contributed by atoms with Gasteiger partial charge in [-0.05, 0) is 93.2 Å². The third kappa shape index (κ3) is 6.03. The Hall–Kier alpha value is -3.24. The Labute approximate surface area is 267 Å². The van der Waals surface area contributed by atoms with Crippen molar-refractivity contribution in [3.05, 3.63) is 40.7 Å². The SMILES string of the molecule is Nc1cc(Cl)c2c(c1)-c1ccc3c(nc(OC[C@@]45CCCN4C[C@H](F)C5)nc3c1F)N1CCCC(CCNC(=O)CCCC2)C1. The van der Waals surface area contributed by atoms with Gasteiger partial charge >= 0.3 is 6.01 Å². The molecule has 5 aliphatic rings. The van der Waals surface area contributed by atoms with Gasteiger partial charge in [-0.3, -0.25) is 9.69 Å². The van der Waals surface area contributed by atoms with E-state index in [-0.39, 0.29) is 29.6 Å². The van der Waals surface area contributed by atoms with Crippen LogP contribution in [0.5, 0.6) is 6.01 Å². The van der Waals surface area contributed by atoms with Crippen molar-refractivity contribution in [3.8, 4) is 17.1 Å². The van der Waals surface area contributed by atoms with Crippen LogP contribution >= 0.6 is 11.6 Å². The molecular formula is C34H41ClF2N6O2. The number of halogens is 3. The molecule has 45 heavy (non-hydrogen) atoms. The minimum Gasteiger partial charge on any atom is -0.461 e. The third-order valence-electron chi connectivity index (χ3n) is 10.3. The summed E-state index contributed by atoms with van der Waals surface area (Å²) < 4.78 is 37.6. The molecule has 6 bridgehead atoms. The molecule has 8 nitrogen and oxygen atoms in total. The molecule has 3 saturated heterocycles. The molecule has 1 unspecified atom stereocenters. The van der Waals surface area contributed by atoms with E-state index in [4.69, 9.17) is 27.1 Å². The van der Waals surface area contributed by atoms with Crippen LogP contribution in [-0.4, -0.2) is 71.8 Å². The molecule has 0 saturated carbocycles. The van der Waals surface area contributed by atoms with Gasteiger partial charge in [0, 0.05) is 60.7 Å². The molecule has 0 spiro atoms. The number of hydrogen-bond acceptors (Lipinski definition) is 7. The number of piperidine rings is 1. The van der Waals surface area contributed by atoms with Crippen LogP contribution in [0.3, 0.4) is 0 Å².